The number of aromatic nitrogens is 2. The lowest BCUT2D eigenvalue weighted by molar-refractivity contribution is -0.146. The Labute approximate surface area is 87.8 Å². The van der Waals surface area contributed by atoms with Crippen LogP contribution in [0.1, 0.15) is 37.4 Å². The number of methoxy groups -OCH3 is 1. The van der Waals surface area contributed by atoms with E-state index in [2.05, 4.69) is 10.1 Å². The normalized spacial score (nSPS) is 26.2. The third-order valence-electron chi connectivity index (χ3n) is 3.01. The SMILES string of the molecule is COC(=O)C1CCC(c2ncon2)CC1. The van der Waals surface area contributed by atoms with Crippen molar-refractivity contribution in [1.82, 2.24) is 10.1 Å². The summed E-state index contributed by atoms with van der Waals surface area (Å²) in [5, 5.41) is 3.83. The highest BCUT2D eigenvalue weighted by Gasteiger charge is 2.29. The van der Waals surface area contributed by atoms with E-state index in [1.165, 1.54) is 13.5 Å². The van der Waals surface area contributed by atoms with E-state index < -0.39 is 0 Å². The number of carbonyl (C=O) groups excluding carboxylic acids is 1. The highest BCUT2D eigenvalue weighted by atomic mass is 16.5. The maximum absolute atomic E-state index is 11.3. The van der Waals surface area contributed by atoms with Crippen molar-refractivity contribution in [1.29, 1.82) is 0 Å². The van der Waals surface area contributed by atoms with Gasteiger partial charge < -0.3 is 9.26 Å². The van der Waals surface area contributed by atoms with E-state index in [0.717, 1.165) is 31.5 Å². The molecule has 1 saturated carbocycles. The molecule has 0 saturated heterocycles. The van der Waals surface area contributed by atoms with Crippen LogP contribution >= 0.6 is 0 Å². The van der Waals surface area contributed by atoms with Gasteiger partial charge in [-0.2, -0.15) is 4.98 Å². The molecular weight excluding hydrogens is 196 g/mol. The Bertz CT molecular complexity index is 315. The Morgan fingerprint density at radius 1 is 1.47 bits per heavy atom. The fourth-order valence-electron chi connectivity index (χ4n) is 2.11. The Balaban J connectivity index is 1.90. The Kier molecular flexibility index (Phi) is 2.99. The summed E-state index contributed by atoms with van der Waals surface area (Å²) in [6, 6.07) is 0. The van der Waals surface area contributed by atoms with Gasteiger partial charge in [0.25, 0.3) is 0 Å². The van der Waals surface area contributed by atoms with E-state index in [0.29, 0.717) is 5.92 Å². The summed E-state index contributed by atoms with van der Waals surface area (Å²) < 4.78 is 9.44. The van der Waals surface area contributed by atoms with Gasteiger partial charge in [0, 0.05) is 5.92 Å². The largest absolute Gasteiger partial charge is 0.469 e. The van der Waals surface area contributed by atoms with Gasteiger partial charge in [0.05, 0.1) is 13.0 Å². The summed E-state index contributed by atoms with van der Waals surface area (Å²) >= 11 is 0. The highest BCUT2D eigenvalue weighted by molar-refractivity contribution is 5.72. The predicted octanol–water partition coefficient (Wildman–Crippen LogP) is 1.52. The lowest BCUT2D eigenvalue weighted by Crippen LogP contribution is -2.22. The monoisotopic (exact) mass is 210 g/mol. The molecule has 0 spiro atoms. The van der Waals surface area contributed by atoms with E-state index in [1.807, 2.05) is 0 Å². The first-order valence-corrected chi connectivity index (χ1v) is 5.15. The number of esters is 1. The predicted molar refractivity (Wildman–Crippen MR) is 51.0 cm³/mol. The van der Waals surface area contributed by atoms with Gasteiger partial charge in [-0.15, -0.1) is 0 Å². The molecule has 0 aromatic carbocycles. The number of carbonyl (C=O) groups is 1. The first-order valence-electron chi connectivity index (χ1n) is 5.15. The topological polar surface area (TPSA) is 65.2 Å². The maximum atomic E-state index is 11.3. The van der Waals surface area contributed by atoms with E-state index in [4.69, 9.17) is 9.26 Å². The first kappa shape index (κ1) is 10.1. The molecule has 0 N–H and O–H groups in total. The summed E-state index contributed by atoms with van der Waals surface area (Å²) in [7, 11) is 1.44. The van der Waals surface area contributed by atoms with Crippen LogP contribution < -0.4 is 0 Å². The van der Waals surface area contributed by atoms with E-state index in [9.17, 15) is 4.79 Å². The van der Waals surface area contributed by atoms with Crippen LogP contribution in [0.3, 0.4) is 0 Å². The molecule has 5 heteroatoms. The molecule has 0 bridgehead atoms. The Hall–Kier alpha value is -1.39. The van der Waals surface area contributed by atoms with Gasteiger partial charge in [0.2, 0.25) is 6.39 Å². The van der Waals surface area contributed by atoms with E-state index >= 15 is 0 Å². The van der Waals surface area contributed by atoms with Crippen LogP contribution in [-0.4, -0.2) is 23.2 Å². The minimum Gasteiger partial charge on any atom is -0.469 e. The molecule has 0 radical (unpaired) electrons. The van der Waals surface area contributed by atoms with Gasteiger partial charge in [-0.1, -0.05) is 5.16 Å². The lowest BCUT2D eigenvalue weighted by Gasteiger charge is -2.24. The van der Waals surface area contributed by atoms with E-state index in [-0.39, 0.29) is 11.9 Å². The molecule has 1 aromatic rings. The highest BCUT2D eigenvalue weighted by Crippen LogP contribution is 2.34. The smallest absolute Gasteiger partial charge is 0.308 e. The molecule has 1 aromatic heterocycles. The van der Waals surface area contributed by atoms with Crippen molar-refractivity contribution in [3.63, 3.8) is 0 Å². The molecule has 0 amide bonds. The van der Waals surface area contributed by atoms with Crippen LogP contribution in [0.15, 0.2) is 10.9 Å². The van der Waals surface area contributed by atoms with Crippen LogP contribution in [0.5, 0.6) is 0 Å². The van der Waals surface area contributed by atoms with Gasteiger partial charge in [0.1, 0.15) is 0 Å². The van der Waals surface area contributed by atoms with Crippen LogP contribution in [0.2, 0.25) is 0 Å². The van der Waals surface area contributed by atoms with Crippen LogP contribution in [0.25, 0.3) is 0 Å². The molecule has 82 valence electrons. The molecule has 0 unspecified atom stereocenters. The van der Waals surface area contributed by atoms with Gasteiger partial charge in [-0.3, -0.25) is 4.79 Å². The minimum absolute atomic E-state index is 0.0538. The fraction of sp³-hybridized carbons (Fsp3) is 0.700. The minimum atomic E-state index is -0.0958. The first-order chi connectivity index (χ1) is 7.31. The summed E-state index contributed by atoms with van der Waals surface area (Å²) in [6.07, 6.45) is 4.91. The summed E-state index contributed by atoms with van der Waals surface area (Å²) in [5.74, 6) is 1.06. The lowest BCUT2D eigenvalue weighted by atomic mass is 9.82. The quantitative estimate of drug-likeness (QED) is 0.692. The molecule has 0 atom stereocenters. The van der Waals surface area contributed by atoms with Gasteiger partial charge in [-0.05, 0) is 25.7 Å². The molecule has 0 aliphatic heterocycles. The van der Waals surface area contributed by atoms with Crippen molar-refractivity contribution in [3.8, 4) is 0 Å². The second-order valence-electron chi connectivity index (χ2n) is 3.86. The van der Waals surface area contributed by atoms with Crippen molar-refractivity contribution in [2.75, 3.05) is 7.11 Å². The van der Waals surface area contributed by atoms with Crippen LogP contribution in [0, 0.1) is 5.92 Å². The van der Waals surface area contributed by atoms with Crippen LogP contribution in [-0.2, 0) is 9.53 Å². The van der Waals surface area contributed by atoms with Crippen molar-refractivity contribution in [2.24, 2.45) is 5.92 Å². The molecule has 1 aliphatic carbocycles. The fourth-order valence-corrected chi connectivity index (χ4v) is 2.11. The zero-order chi connectivity index (χ0) is 10.7. The molecule has 15 heavy (non-hydrogen) atoms. The van der Waals surface area contributed by atoms with Gasteiger partial charge in [0.15, 0.2) is 5.82 Å². The number of hydrogen-bond donors (Lipinski definition) is 0. The zero-order valence-electron chi connectivity index (χ0n) is 8.68. The maximum Gasteiger partial charge on any atom is 0.308 e. The molecule has 5 nitrogen and oxygen atoms in total. The molecule has 1 aliphatic rings. The van der Waals surface area contributed by atoms with E-state index in [1.54, 1.807) is 0 Å². The number of hydrogen-bond acceptors (Lipinski definition) is 5. The Morgan fingerprint density at radius 2 is 2.20 bits per heavy atom. The zero-order valence-corrected chi connectivity index (χ0v) is 8.68. The van der Waals surface area contributed by atoms with Crippen LogP contribution in [0.4, 0.5) is 0 Å². The number of rotatable bonds is 2. The third-order valence-corrected chi connectivity index (χ3v) is 3.01. The summed E-state index contributed by atoms with van der Waals surface area (Å²) in [6.45, 7) is 0. The van der Waals surface area contributed by atoms with Crippen molar-refractivity contribution >= 4 is 5.97 Å². The van der Waals surface area contributed by atoms with Crippen molar-refractivity contribution in [3.05, 3.63) is 12.2 Å². The Morgan fingerprint density at radius 3 is 2.73 bits per heavy atom. The third kappa shape index (κ3) is 2.16. The van der Waals surface area contributed by atoms with Gasteiger partial charge >= 0.3 is 5.97 Å². The second-order valence-corrected chi connectivity index (χ2v) is 3.86. The second kappa shape index (κ2) is 4.42. The average Bonchev–Trinajstić information content (AvgIpc) is 2.82. The molecule has 1 heterocycles. The molecule has 2 rings (SSSR count). The molecular formula is C10H14N2O3. The summed E-state index contributed by atoms with van der Waals surface area (Å²) in [5.41, 5.74) is 0. The summed E-state index contributed by atoms with van der Waals surface area (Å²) in [4.78, 5) is 15.3. The molecule has 1 fully saturated rings. The average molecular weight is 210 g/mol. The number of ether oxygens (including phenoxy) is 1. The van der Waals surface area contributed by atoms with Gasteiger partial charge in [-0.25, -0.2) is 0 Å². The number of nitrogens with zero attached hydrogens (tertiary/aromatic N) is 2. The van der Waals surface area contributed by atoms with Crippen molar-refractivity contribution < 1.29 is 14.1 Å². The van der Waals surface area contributed by atoms with Crippen molar-refractivity contribution in [2.45, 2.75) is 31.6 Å². The standard InChI is InChI=1S/C10H14N2O3/c1-14-10(13)8-4-2-7(3-5-8)9-11-6-15-12-9/h6-8H,2-5H2,1H3.